The molecule has 1 aliphatic rings. The number of rotatable bonds is 2. The summed E-state index contributed by atoms with van der Waals surface area (Å²) in [7, 11) is 0. The third-order valence-corrected chi connectivity index (χ3v) is 2.36. The van der Waals surface area contributed by atoms with E-state index in [0.29, 0.717) is 12.1 Å². The van der Waals surface area contributed by atoms with Crippen LogP contribution >= 0.6 is 0 Å². The van der Waals surface area contributed by atoms with Crippen LogP contribution in [0.2, 0.25) is 0 Å². The lowest BCUT2D eigenvalue weighted by Crippen LogP contribution is -2.33. The van der Waals surface area contributed by atoms with Crippen LogP contribution in [0.4, 0.5) is 10.5 Å². The van der Waals surface area contributed by atoms with Gasteiger partial charge in [-0.05, 0) is 37.3 Å². The zero-order valence-electron chi connectivity index (χ0n) is 8.84. The normalized spacial score (nSPS) is 14.8. The average Bonchev–Trinajstić information content (AvgIpc) is 2.30. The van der Waals surface area contributed by atoms with Gasteiger partial charge in [-0.25, -0.2) is 4.79 Å². The molecule has 4 nitrogen and oxygen atoms in total. The molecule has 0 N–H and O–H groups in total. The number of amides is 1. The van der Waals surface area contributed by atoms with Crippen LogP contribution in [-0.4, -0.2) is 18.4 Å². The lowest BCUT2D eigenvalue weighted by Gasteiger charge is -2.22. The van der Waals surface area contributed by atoms with E-state index >= 15 is 0 Å². The van der Waals surface area contributed by atoms with Gasteiger partial charge in [0.2, 0.25) is 0 Å². The lowest BCUT2D eigenvalue weighted by molar-refractivity contribution is 0.101. The predicted octanol–water partition coefficient (Wildman–Crippen LogP) is 2.36. The minimum absolute atomic E-state index is 0.00710. The SMILES string of the molecule is CC(=O)c1ccc(N2CC=COC2=O)cc1. The first-order valence-corrected chi connectivity index (χ1v) is 4.92. The van der Waals surface area contributed by atoms with Crippen molar-refractivity contribution in [2.75, 3.05) is 11.4 Å². The zero-order chi connectivity index (χ0) is 11.5. The Bertz CT molecular complexity index is 448. The number of carbonyl (C=O) groups excluding carboxylic acids is 2. The fourth-order valence-corrected chi connectivity index (χ4v) is 1.48. The van der Waals surface area contributed by atoms with Crippen molar-refractivity contribution < 1.29 is 14.3 Å². The summed E-state index contributed by atoms with van der Waals surface area (Å²) in [6.07, 6.45) is 2.72. The number of ether oxygens (including phenoxy) is 1. The van der Waals surface area contributed by atoms with Gasteiger partial charge in [-0.15, -0.1) is 0 Å². The minimum atomic E-state index is -0.405. The maximum absolute atomic E-state index is 11.4. The maximum atomic E-state index is 11.4. The fourth-order valence-electron chi connectivity index (χ4n) is 1.48. The molecule has 1 aromatic carbocycles. The van der Waals surface area contributed by atoms with Crippen LogP contribution in [0.25, 0.3) is 0 Å². The van der Waals surface area contributed by atoms with Crippen LogP contribution in [0.5, 0.6) is 0 Å². The van der Waals surface area contributed by atoms with E-state index in [0.717, 1.165) is 5.69 Å². The van der Waals surface area contributed by atoms with Crippen molar-refractivity contribution >= 4 is 17.6 Å². The van der Waals surface area contributed by atoms with E-state index in [1.165, 1.54) is 18.1 Å². The first-order valence-electron chi connectivity index (χ1n) is 4.92. The summed E-state index contributed by atoms with van der Waals surface area (Å²) in [5.74, 6) is 0.00710. The number of carbonyl (C=O) groups is 2. The number of hydrogen-bond donors (Lipinski definition) is 0. The molecule has 0 atom stereocenters. The summed E-state index contributed by atoms with van der Waals surface area (Å²) in [6, 6.07) is 6.86. The Morgan fingerprint density at radius 2 is 2.00 bits per heavy atom. The number of hydrogen-bond acceptors (Lipinski definition) is 3. The lowest BCUT2D eigenvalue weighted by atomic mass is 10.1. The number of Topliss-reactive ketones (excluding diaryl/α,β-unsaturated/α-hetero) is 1. The molecule has 0 bridgehead atoms. The smallest absolute Gasteiger partial charge is 0.418 e. The van der Waals surface area contributed by atoms with Crippen LogP contribution in [-0.2, 0) is 4.74 Å². The van der Waals surface area contributed by atoms with Gasteiger partial charge in [0.15, 0.2) is 5.78 Å². The maximum Gasteiger partial charge on any atom is 0.419 e. The van der Waals surface area contributed by atoms with E-state index in [1.54, 1.807) is 30.3 Å². The molecule has 0 saturated carbocycles. The summed E-state index contributed by atoms with van der Waals surface area (Å²) in [5.41, 5.74) is 1.35. The predicted molar refractivity (Wildman–Crippen MR) is 59.4 cm³/mol. The topological polar surface area (TPSA) is 46.6 Å². The van der Waals surface area contributed by atoms with Crippen LogP contribution < -0.4 is 4.90 Å². The van der Waals surface area contributed by atoms with E-state index in [4.69, 9.17) is 4.74 Å². The third-order valence-electron chi connectivity index (χ3n) is 2.36. The highest BCUT2D eigenvalue weighted by atomic mass is 16.5. The van der Waals surface area contributed by atoms with Crippen molar-refractivity contribution in [2.45, 2.75) is 6.92 Å². The number of benzene rings is 1. The number of anilines is 1. The van der Waals surface area contributed by atoms with E-state index in [1.807, 2.05) is 0 Å². The van der Waals surface area contributed by atoms with E-state index in [-0.39, 0.29) is 5.78 Å². The molecule has 0 unspecified atom stereocenters. The van der Waals surface area contributed by atoms with Crippen LogP contribution in [0.3, 0.4) is 0 Å². The van der Waals surface area contributed by atoms with Gasteiger partial charge in [-0.2, -0.15) is 0 Å². The van der Waals surface area contributed by atoms with Crippen molar-refractivity contribution in [3.8, 4) is 0 Å². The molecular formula is C12H11NO3. The zero-order valence-corrected chi connectivity index (χ0v) is 8.84. The average molecular weight is 217 g/mol. The largest absolute Gasteiger partial charge is 0.419 e. The number of cyclic esters (lactones) is 1. The minimum Gasteiger partial charge on any atom is -0.418 e. The summed E-state index contributed by atoms with van der Waals surface area (Å²) >= 11 is 0. The first-order chi connectivity index (χ1) is 7.68. The molecule has 0 radical (unpaired) electrons. The molecule has 0 aromatic heterocycles. The number of nitrogens with zero attached hydrogens (tertiary/aromatic N) is 1. The van der Waals surface area contributed by atoms with Crippen molar-refractivity contribution in [1.29, 1.82) is 0 Å². The van der Waals surface area contributed by atoms with Gasteiger partial charge in [0.25, 0.3) is 0 Å². The molecule has 1 amide bonds. The van der Waals surface area contributed by atoms with Gasteiger partial charge >= 0.3 is 6.09 Å². The number of ketones is 1. The van der Waals surface area contributed by atoms with Gasteiger partial charge in [0, 0.05) is 11.3 Å². The highest BCUT2D eigenvalue weighted by Gasteiger charge is 2.18. The Kier molecular flexibility index (Phi) is 2.72. The van der Waals surface area contributed by atoms with E-state index < -0.39 is 6.09 Å². The van der Waals surface area contributed by atoms with Crippen LogP contribution in [0, 0.1) is 0 Å². The summed E-state index contributed by atoms with van der Waals surface area (Å²) in [6.45, 7) is 1.99. The first kappa shape index (κ1) is 10.4. The second kappa shape index (κ2) is 4.18. The fraction of sp³-hybridized carbons (Fsp3) is 0.167. The van der Waals surface area contributed by atoms with Gasteiger partial charge in [-0.3, -0.25) is 9.69 Å². The Hall–Kier alpha value is -2.10. The molecule has 2 rings (SSSR count). The Morgan fingerprint density at radius 3 is 2.56 bits per heavy atom. The molecule has 0 fully saturated rings. The quantitative estimate of drug-likeness (QED) is 0.714. The Labute approximate surface area is 93.1 Å². The standard InChI is InChI=1S/C12H11NO3/c1-9(14)10-3-5-11(6-4-10)13-7-2-8-16-12(13)15/h2-6,8H,7H2,1H3. The third kappa shape index (κ3) is 1.95. The molecule has 4 heteroatoms. The second-order valence-corrected chi connectivity index (χ2v) is 3.47. The molecule has 0 spiro atoms. The molecule has 82 valence electrons. The van der Waals surface area contributed by atoms with Crippen molar-refractivity contribution in [2.24, 2.45) is 0 Å². The highest BCUT2D eigenvalue weighted by molar-refractivity contribution is 5.95. The van der Waals surface area contributed by atoms with Gasteiger partial charge in [0.1, 0.15) is 0 Å². The molecule has 0 saturated heterocycles. The molecular weight excluding hydrogens is 206 g/mol. The molecule has 1 aliphatic heterocycles. The summed E-state index contributed by atoms with van der Waals surface area (Å²) in [5, 5.41) is 0. The van der Waals surface area contributed by atoms with Crippen molar-refractivity contribution in [3.63, 3.8) is 0 Å². The van der Waals surface area contributed by atoms with Gasteiger partial charge in [-0.1, -0.05) is 0 Å². The summed E-state index contributed by atoms with van der Waals surface area (Å²) < 4.78 is 4.76. The second-order valence-electron chi connectivity index (χ2n) is 3.47. The summed E-state index contributed by atoms with van der Waals surface area (Å²) in [4.78, 5) is 24.0. The monoisotopic (exact) mass is 217 g/mol. The van der Waals surface area contributed by atoms with Crippen molar-refractivity contribution in [1.82, 2.24) is 0 Å². The van der Waals surface area contributed by atoms with E-state index in [9.17, 15) is 9.59 Å². The molecule has 1 aromatic rings. The molecule has 0 aliphatic carbocycles. The Morgan fingerprint density at radius 1 is 1.31 bits per heavy atom. The molecule has 1 heterocycles. The Balaban J connectivity index is 2.24. The molecule has 16 heavy (non-hydrogen) atoms. The van der Waals surface area contributed by atoms with Gasteiger partial charge < -0.3 is 4.74 Å². The van der Waals surface area contributed by atoms with Crippen molar-refractivity contribution in [3.05, 3.63) is 42.2 Å². The van der Waals surface area contributed by atoms with E-state index in [2.05, 4.69) is 0 Å². The van der Waals surface area contributed by atoms with Gasteiger partial charge in [0.05, 0.1) is 12.8 Å². The van der Waals surface area contributed by atoms with Crippen LogP contribution in [0.15, 0.2) is 36.6 Å². The highest BCUT2D eigenvalue weighted by Crippen LogP contribution is 2.18. The van der Waals surface area contributed by atoms with Crippen LogP contribution in [0.1, 0.15) is 17.3 Å².